The normalized spacial score (nSPS) is 12.6. The molecule has 0 rings (SSSR count). The van der Waals surface area contributed by atoms with Crippen LogP contribution in [-0.2, 0) is 0 Å². The minimum Gasteiger partial charge on any atom is -0.370 e. The van der Waals surface area contributed by atoms with E-state index in [-0.39, 0.29) is 18.9 Å². The second-order valence-corrected chi connectivity index (χ2v) is 11.8. The zero-order valence-corrected chi connectivity index (χ0v) is 22.8. The molecule has 3 N–H and O–H groups in total. The van der Waals surface area contributed by atoms with Gasteiger partial charge in [-0.25, -0.2) is 0 Å². The van der Waals surface area contributed by atoms with Crippen LogP contribution in [0.15, 0.2) is 4.99 Å². The van der Waals surface area contributed by atoms with Crippen molar-refractivity contribution in [2.24, 2.45) is 21.6 Å². The maximum absolute atomic E-state index is 5.97. The number of aliphatic imine (C=N–C) groups is 1. The Morgan fingerprint density at radius 3 is 1.35 bits per heavy atom. The molecule has 0 atom stereocenters. The molecule has 0 aliphatic heterocycles. The van der Waals surface area contributed by atoms with Gasteiger partial charge in [-0.2, -0.15) is 0 Å². The van der Waals surface area contributed by atoms with E-state index in [1.165, 1.54) is 103 Å². The second kappa shape index (κ2) is 20.5. The van der Waals surface area contributed by atoms with Crippen LogP contribution in [0.2, 0.25) is 0 Å². The number of rotatable bonds is 18. The first kappa shape index (κ1) is 33.0. The second-order valence-electron chi connectivity index (χ2n) is 11.8. The van der Waals surface area contributed by atoms with E-state index in [2.05, 4.69) is 51.9 Å². The molecule has 0 fully saturated rings. The number of nitrogens with two attached hydrogens (primary N) is 1. The van der Waals surface area contributed by atoms with Crippen LogP contribution in [0, 0.1) is 10.8 Å². The molecular formula is C27H57LiN3. The van der Waals surface area contributed by atoms with Crippen molar-refractivity contribution in [2.75, 3.05) is 13.1 Å². The van der Waals surface area contributed by atoms with Gasteiger partial charge in [0.15, 0.2) is 5.96 Å². The Hall–Kier alpha value is -0.133. The summed E-state index contributed by atoms with van der Waals surface area (Å²) in [5.41, 5.74) is 6.97. The van der Waals surface area contributed by atoms with Crippen LogP contribution in [-0.4, -0.2) is 37.9 Å². The third-order valence-electron chi connectivity index (χ3n) is 5.78. The molecule has 3 nitrogen and oxygen atoms in total. The summed E-state index contributed by atoms with van der Waals surface area (Å²) < 4.78 is 0. The molecule has 0 amide bonds. The first-order chi connectivity index (χ1) is 14.1. The number of hydrogen-bond donors (Lipinski definition) is 2. The van der Waals surface area contributed by atoms with Crippen molar-refractivity contribution in [2.45, 2.75) is 144 Å². The van der Waals surface area contributed by atoms with Crippen LogP contribution in [0.4, 0.5) is 0 Å². The summed E-state index contributed by atoms with van der Waals surface area (Å²) in [6.07, 6.45) is 21.4. The molecule has 0 aromatic carbocycles. The molecule has 0 aliphatic rings. The Morgan fingerprint density at radius 1 is 0.581 bits per heavy atom. The van der Waals surface area contributed by atoms with Gasteiger partial charge in [0.25, 0.3) is 0 Å². The van der Waals surface area contributed by atoms with Crippen LogP contribution < -0.4 is 11.1 Å². The Morgan fingerprint density at radius 2 is 0.935 bits per heavy atom. The Balaban J connectivity index is 0. The van der Waals surface area contributed by atoms with Gasteiger partial charge in [0.05, 0.1) is 0 Å². The van der Waals surface area contributed by atoms with Gasteiger partial charge < -0.3 is 11.1 Å². The van der Waals surface area contributed by atoms with E-state index >= 15 is 0 Å². The summed E-state index contributed by atoms with van der Waals surface area (Å²) in [7, 11) is 0. The summed E-state index contributed by atoms with van der Waals surface area (Å²) in [6.45, 7) is 15.9. The van der Waals surface area contributed by atoms with Crippen LogP contribution >= 0.6 is 0 Å². The molecule has 0 aromatic rings. The zero-order chi connectivity index (χ0) is 22.7. The standard InChI is InChI=1S/C27H57N3.Li/c1-26(2,3)21-17-13-9-7-11-15-19-23-29-25(28)30-24-20-16-12-8-10-14-18-22-27(4,5)6;/h7-24H2,1-6H3,(H3,28,29,30);. The van der Waals surface area contributed by atoms with Gasteiger partial charge in [0.2, 0.25) is 0 Å². The van der Waals surface area contributed by atoms with Gasteiger partial charge in [0.1, 0.15) is 0 Å². The van der Waals surface area contributed by atoms with E-state index in [0.717, 1.165) is 13.1 Å². The van der Waals surface area contributed by atoms with E-state index in [1.54, 1.807) is 0 Å². The minimum absolute atomic E-state index is 0. The molecule has 0 bridgehead atoms. The summed E-state index contributed by atoms with van der Waals surface area (Å²) in [5, 5.41) is 3.28. The van der Waals surface area contributed by atoms with Crippen LogP contribution in [0.25, 0.3) is 0 Å². The number of guanidine groups is 1. The maximum atomic E-state index is 5.97. The van der Waals surface area contributed by atoms with Crippen molar-refractivity contribution in [3.63, 3.8) is 0 Å². The predicted octanol–water partition coefficient (Wildman–Crippen LogP) is 7.84. The number of nitrogens with one attached hydrogen (secondary N) is 1. The van der Waals surface area contributed by atoms with Crippen molar-refractivity contribution in [3.8, 4) is 0 Å². The van der Waals surface area contributed by atoms with Crippen molar-refractivity contribution >= 4 is 24.8 Å². The van der Waals surface area contributed by atoms with E-state index in [4.69, 9.17) is 5.73 Å². The van der Waals surface area contributed by atoms with E-state index in [9.17, 15) is 0 Å². The predicted molar refractivity (Wildman–Crippen MR) is 143 cm³/mol. The van der Waals surface area contributed by atoms with E-state index in [0.29, 0.717) is 16.8 Å². The minimum atomic E-state index is 0. The van der Waals surface area contributed by atoms with Crippen molar-refractivity contribution in [3.05, 3.63) is 0 Å². The molecule has 181 valence electrons. The summed E-state index contributed by atoms with van der Waals surface area (Å²) >= 11 is 0. The molecule has 0 saturated heterocycles. The summed E-state index contributed by atoms with van der Waals surface area (Å²) in [4.78, 5) is 4.47. The summed E-state index contributed by atoms with van der Waals surface area (Å²) in [6, 6.07) is 0. The average molecular weight is 431 g/mol. The van der Waals surface area contributed by atoms with Crippen molar-refractivity contribution in [1.82, 2.24) is 5.32 Å². The average Bonchev–Trinajstić information content (AvgIpc) is 2.63. The Kier molecular flexibility index (Phi) is 21.8. The van der Waals surface area contributed by atoms with Crippen molar-refractivity contribution in [1.29, 1.82) is 0 Å². The monoisotopic (exact) mass is 430 g/mol. The van der Waals surface area contributed by atoms with Gasteiger partial charge in [-0.1, -0.05) is 119 Å². The maximum Gasteiger partial charge on any atom is 0.188 e. The van der Waals surface area contributed by atoms with Gasteiger partial charge in [0, 0.05) is 32.0 Å². The Labute approximate surface area is 208 Å². The molecule has 0 heterocycles. The van der Waals surface area contributed by atoms with Crippen LogP contribution in [0.3, 0.4) is 0 Å². The van der Waals surface area contributed by atoms with Crippen LogP contribution in [0.5, 0.6) is 0 Å². The fraction of sp³-hybridized carbons (Fsp3) is 0.963. The third-order valence-corrected chi connectivity index (χ3v) is 5.78. The molecule has 0 aromatic heterocycles. The number of hydrogen-bond acceptors (Lipinski definition) is 1. The molecule has 0 unspecified atom stereocenters. The first-order valence-electron chi connectivity index (χ1n) is 13.1. The molecule has 0 aliphatic carbocycles. The quantitative estimate of drug-likeness (QED) is 0.101. The number of unbranched alkanes of at least 4 members (excludes halogenated alkanes) is 12. The fourth-order valence-electron chi connectivity index (χ4n) is 3.79. The molecule has 0 spiro atoms. The van der Waals surface area contributed by atoms with E-state index in [1.807, 2.05) is 0 Å². The smallest absolute Gasteiger partial charge is 0.188 e. The van der Waals surface area contributed by atoms with E-state index < -0.39 is 0 Å². The largest absolute Gasteiger partial charge is 0.370 e. The van der Waals surface area contributed by atoms with Gasteiger partial charge in [-0.05, 0) is 36.5 Å². The van der Waals surface area contributed by atoms with Gasteiger partial charge in [-0.15, -0.1) is 0 Å². The zero-order valence-electron chi connectivity index (χ0n) is 22.8. The van der Waals surface area contributed by atoms with Gasteiger partial charge in [-0.3, -0.25) is 4.99 Å². The SMILES string of the molecule is CC(C)(C)CCCCCCCCCN=C(N)NCCCCCCCCCC(C)(C)C.[Li]. The topological polar surface area (TPSA) is 50.4 Å². The van der Waals surface area contributed by atoms with Gasteiger partial charge >= 0.3 is 0 Å². The molecule has 31 heavy (non-hydrogen) atoms. The third kappa shape index (κ3) is 29.9. The first-order valence-corrected chi connectivity index (χ1v) is 13.1. The van der Waals surface area contributed by atoms with Crippen molar-refractivity contribution < 1.29 is 0 Å². The summed E-state index contributed by atoms with van der Waals surface area (Å²) in [5.74, 6) is 0.638. The van der Waals surface area contributed by atoms with Crippen LogP contribution in [0.1, 0.15) is 144 Å². The molecule has 1 radical (unpaired) electrons. The number of nitrogens with zero attached hydrogens (tertiary/aromatic N) is 1. The fourth-order valence-corrected chi connectivity index (χ4v) is 3.79. The Bertz CT molecular complexity index is 408. The molecule has 4 heteroatoms. The molecular weight excluding hydrogens is 373 g/mol. The molecule has 0 saturated carbocycles.